The minimum atomic E-state index is -0.718. The molecule has 0 N–H and O–H groups in total. The molecule has 0 amide bonds. The van der Waals surface area contributed by atoms with Crippen molar-refractivity contribution in [3.05, 3.63) is 60.2 Å². The molecular formula is C20H24O4. The summed E-state index contributed by atoms with van der Waals surface area (Å²) in [6.45, 7) is 6.00. The highest BCUT2D eigenvalue weighted by Gasteiger charge is 2.24. The Hall–Kier alpha value is -2.49. The molecule has 2 rings (SSSR count). The summed E-state index contributed by atoms with van der Waals surface area (Å²) >= 11 is 0. The maximum absolute atomic E-state index is 12.3. The molecular weight excluding hydrogens is 304 g/mol. The van der Waals surface area contributed by atoms with Gasteiger partial charge in [0.15, 0.2) is 17.6 Å². The van der Waals surface area contributed by atoms with E-state index in [2.05, 4.69) is 0 Å². The van der Waals surface area contributed by atoms with Crippen LogP contribution in [0.15, 0.2) is 54.6 Å². The minimum absolute atomic E-state index is 0.0184. The van der Waals surface area contributed by atoms with E-state index < -0.39 is 6.10 Å². The summed E-state index contributed by atoms with van der Waals surface area (Å²) in [5.74, 6) is 0.788. The van der Waals surface area contributed by atoms with Gasteiger partial charge in [0.2, 0.25) is 0 Å². The van der Waals surface area contributed by atoms with E-state index in [1.165, 1.54) is 0 Å². The zero-order valence-corrected chi connectivity index (χ0v) is 14.4. The number of hydrogen-bond acceptors (Lipinski definition) is 4. The van der Waals surface area contributed by atoms with Crippen LogP contribution in [0.3, 0.4) is 0 Å². The van der Waals surface area contributed by atoms with Crippen LogP contribution in [-0.4, -0.2) is 24.8 Å². The highest BCUT2D eigenvalue weighted by Crippen LogP contribution is 2.29. The zero-order chi connectivity index (χ0) is 17.4. The first-order chi connectivity index (χ1) is 11.6. The van der Waals surface area contributed by atoms with Gasteiger partial charge in [-0.25, -0.2) is 4.79 Å². The first-order valence-corrected chi connectivity index (χ1v) is 8.23. The van der Waals surface area contributed by atoms with Gasteiger partial charge < -0.3 is 14.2 Å². The third-order valence-corrected chi connectivity index (χ3v) is 3.29. The average Bonchev–Trinajstić information content (AvgIpc) is 2.56. The van der Waals surface area contributed by atoms with Gasteiger partial charge in [0, 0.05) is 6.42 Å². The first-order valence-electron chi connectivity index (χ1n) is 8.23. The normalized spacial score (nSPS) is 11.8. The third kappa shape index (κ3) is 5.30. The van der Waals surface area contributed by atoms with E-state index in [1.54, 1.807) is 13.0 Å². The molecule has 0 heterocycles. The van der Waals surface area contributed by atoms with Crippen LogP contribution in [0.25, 0.3) is 0 Å². The molecule has 4 heteroatoms. The van der Waals surface area contributed by atoms with E-state index in [9.17, 15) is 4.79 Å². The van der Waals surface area contributed by atoms with Crippen LogP contribution in [0.2, 0.25) is 0 Å². The highest BCUT2D eigenvalue weighted by molar-refractivity contribution is 5.75. The molecule has 4 nitrogen and oxygen atoms in total. The van der Waals surface area contributed by atoms with Crippen molar-refractivity contribution < 1.29 is 19.0 Å². The molecule has 2 aromatic carbocycles. The molecule has 0 aliphatic carbocycles. The molecule has 0 saturated heterocycles. The topological polar surface area (TPSA) is 44.8 Å². The quantitative estimate of drug-likeness (QED) is 0.686. The second-order valence-corrected chi connectivity index (χ2v) is 5.66. The van der Waals surface area contributed by atoms with Gasteiger partial charge in [-0.15, -0.1) is 0 Å². The third-order valence-electron chi connectivity index (χ3n) is 3.29. The lowest BCUT2D eigenvalue weighted by molar-refractivity contribution is -0.151. The van der Waals surface area contributed by atoms with Gasteiger partial charge in [-0.3, -0.25) is 0 Å². The Morgan fingerprint density at radius 3 is 2.08 bits per heavy atom. The van der Waals surface area contributed by atoms with Crippen molar-refractivity contribution in [3.8, 4) is 11.5 Å². The molecule has 1 atom stereocenters. The summed E-state index contributed by atoms with van der Waals surface area (Å²) in [5, 5.41) is 0. The van der Waals surface area contributed by atoms with Crippen molar-refractivity contribution in [2.75, 3.05) is 6.61 Å². The van der Waals surface area contributed by atoms with E-state index in [0.717, 1.165) is 5.56 Å². The summed E-state index contributed by atoms with van der Waals surface area (Å²) < 4.78 is 16.9. The van der Waals surface area contributed by atoms with Crippen LogP contribution in [0, 0.1) is 0 Å². The predicted molar refractivity (Wildman–Crippen MR) is 93.4 cm³/mol. The molecule has 24 heavy (non-hydrogen) atoms. The number of ether oxygens (including phenoxy) is 3. The summed E-state index contributed by atoms with van der Waals surface area (Å²) in [6.07, 6.45) is -0.260. The number of para-hydroxylation sites is 2. The van der Waals surface area contributed by atoms with E-state index in [-0.39, 0.29) is 12.1 Å². The Labute approximate surface area is 143 Å². The number of rotatable bonds is 8. The van der Waals surface area contributed by atoms with Gasteiger partial charge in [-0.05, 0) is 38.5 Å². The predicted octanol–water partition coefficient (Wildman–Crippen LogP) is 4.03. The average molecular weight is 328 g/mol. The van der Waals surface area contributed by atoms with Gasteiger partial charge in [0.1, 0.15) is 0 Å². The SMILES string of the molecule is CCOC(=O)C(Cc1ccccc1)Oc1ccccc1OC(C)C. The van der Waals surface area contributed by atoms with Crippen molar-refractivity contribution in [3.63, 3.8) is 0 Å². The molecule has 0 fully saturated rings. The van der Waals surface area contributed by atoms with Crippen molar-refractivity contribution in [1.82, 2.24) is 0 Å². The van der Waals surface area contributed by atoms with Gasteiger partial charge in [-0.2, -0.15) is 0 Å². The molecule has 2 aromatic rings. The van der Waals surface area contributed by atoms with E-state index in [0.29, 0.717) is 24.5 Å². The first kappa shape index (κ1) is 17.9. The number of hydrogen-bond donors (Lipinski definition) is 0. The highest BCUT2D eigenvalue weighted by atomic mass is 16.6. The summed E-state index contributed by atoms with van der Waals surface area (Å²) in [5.41, 5.74) is 1.01. The molecule has 128 valence electrons. The molecule has 0 spiro atoms. The number of carbonyl (C=O) groups excluding carboxylic acids is 1. The van der Waals surface area contributed by atoms with Gasteiger partial charge in [0.05, 0.1) is 12.7 Å². The largest absolute Gasteiger partial charge is 0.487 e. The Kier molecular flexibility index (Phi) is 6.67. The van der Waals surface area contributed by atoms with Crippen molar-refractivity contribution in [2.45, 2.75) is 39.4 Å². The molecule has 0 aromatic heterocycles. The molecule has 0 aliphatic heterocycles. The van der Waals surface area contributed by atoms with Crippen LogP contribution < -0.4 is 9.47 Å². The maximum atomic E-state index is 12.3. The van der Waals surface area contributed by atoms with Gasteiger partial charge >= 0.3 is 5.97 Å². The van der Waals surface area contributed by atoms with E-state index >= 15 is 0 Å². The number of esters is 1. The molecule has 0 saturated carbocycles. The minimum Gasteiger partial charge on any atom is -0.487 e. The molecule has 0 radical (unpaired) electrons. The van der Waals surface area contributed by atoms with Crippen LogP contribution in [0.1, 0.15) is 26.3 Å². The number of benzene rings is 2. The van der Waals surface area contributed by atoms with Crippen LogP contribution in [0.5, 0.6) is 11.5 Å². The zero-order valence-electron chi connectivity index (χ0n) is 14.4. The van der Waals surface area contributed by atoms with E-state index in [4.69, 9.17) is 14.2 Å². The molecule has 1 unspecified atom stereocenters. The fraction of sp³-hybridized carbons (Fsp3) is 0.350. The Balaban J connectivity index is 2.20. The lowest BCUT2D eigenvalue weighted by atomic mass is 10.1. The van der Waals surface area contributed by atoms with Crippen LogP contribution >= 0.6 is 0 Å². The maximum Gasteiger partial charge on any atom is 0.347 e. The smallest absolute Gasteiger partial charge is 0.347 e. The Morgan fingerprint density at radius 2 is 1.50 bits per heavy atom. The summed E-state index contributed by atoms with van der Waals surface area (Å²) in [6, 6.07) is 17.1. The fourth-order valence-corrected chi connectivity index (χ4v) is 2.29. The lowest BCUT2D eigenvalue weighted by Crippen LogP contribution is -2.32. The van der Waals surface area contributed by atoms with E-state index in [1.807, 2.05) is 62.4 Å². The standard InChI is InChI=1S/C20H24O4/c1-4-22-20(21)19(14-16-10-6-5-7-11-16)24-18-13-9-8-12-17(18)23-15(2)3/h5-13,15,19H,4,14H2,1-3H3. The second kappa shape index (κ2) is 8.96. The second-order valence-electron chi connectivity index (χ2n) is 5.66. The number of carbonyl (C=O) groups is 1. The Morgan fingerprint density at radius 1 is 0.917 bits per heavy atom. The van der Waals surface area contributed by atoms with Crippen LogP contribution in [0.4, 0.5) is 0 Å². The Bertz CT molecular complexity index is 637. The summed E-state index contributed by atoms with van der Waals surface area (Å²) in [7, 11) is 0. The summed E-state index contributed by atoms with van der Waals surface area (Å²) in [4.78, 5) is 12.3. The molecule has 0 bridgehead atoms. The fourth-order valence-electron chi connectivity index (χ4n) is 2.29. The van der Waals surface area contributed by atoms with Crippen LogP contribution in [-0.2, 0) is 16.0 Å². The molecule has 0 aliphatic rings. The van der Waals surface area contributed by atoms with Crippen molar-refractivity contribution in [1.29, 1.82) is 0 Å². The van der Waals surface area contributed by atoms with Gasteiger partial charge in [0.25, 0.3) is 0 Å². The van der Waals surface area contributed by atoms with Crippen molar-refractivity contribution >= 4 is 5.97 Å². The van der Waals surface area contributed by atoms with Gasteiger partial charge in [-0.1, -0.05) is 42.5 Å². The lowest BCUT2D eigenvalue weighted by Gasteiger charge is -2.20. The van der Waals surface area contributed by atoms with Crippen molar-refractivity contribution in [2.24, 2.45) is 0 Å². The monoisotopic (exact) mass is 328 g/mol.